The first-order chi connectivity index (χ1) is 6.06. The third-order valence-corrected chi connectivity index (χ3v) is 1.96. The molecule has 0 spiro atoms. The molecule has 0 fully saturated rings. The predicted octanol–water partition coefficient (Wildman–Crippen LogP) is 2.57. The summed E-state index contributed by atoms with van der Waals surface area (Å²) in [7, 11) is 1.46. The predicted molar refractivity (Wildman–Crippen MR) is 49.4 cm³/mol. The molecular formula is C8H8ClNO3. The maximum absolute atomic E-state index is 10.5. The number of methoxy groups -OCH3 is 1. The summed E-state index contributed by atoms with van der Waals surface area (Å²) >= 11 is 5.66. The minimum absolute atomic E-state index is 0.128. The van der Waals surface area contributed by atoms with Crippen LogP contribution in [0.5, 0.6) is 5.75 Å². The van der Waals surface area contributed by atoms with E-state index >= 15 is 0 Å². The van der Waals surface area contributed by atoms with Crippen LogP contribution in [0.1, 0.15) is 5.56 Å². The van der Waals surface area contributed by atoms with E-state index in [9.17, 15) is 10.1 Å². The van der Waals surface area contributed by atoms with Gasteiger partial charge in [-0.25, -0.2) is 0 Å². The molecule has 0 saturated carbocycles. The minimum Gasteiger partial charge on any atom is -0.496 e. The number of nitro groups is 1. The van der Waals surface area contributed by atoms with E-state index < -0.39 is 4.92 Å². The summed E-state index contributed by atoms with van der Waals surface area (Å²) in [5.74, 6) is 0.469. The maximum Gasteiger partial charge on any atom is 0.291 e. The van der Waals surface area contributed by atoms with Crippen molar-refractivity contribution in [3.05, 3.63) is 32.8 Å². The van der Waals surface area contributed by atoms with Crippen LogP contribution >= 0.6 is 11.6 Å². The molecule has 0 bridgehead atoms. The molecule has 1 aromatic rings. The zero-order valence-electron chi connectivity index (χ0n) is 7.20. The lowest BCUT2D eigenvalue weighted by molar-refractivity contribution is -0.384. The average Bonchev–Trinajstić information content (AvgIpc) is 2.03. The van der Waals surface area contributed by atoms with Gasteiger partial charge in [-0.3, -0.25) is 10.1 Å². The summed E-state index contributed by atoms with van der Waals surface area (Å²) in [4.78, 5) is 9.93. The van der Waals surface area contributed by atoms with E-state index in [1.165, 1.54) is 19.2 Å². The van der Waals surface area contributed by atoms with Crippen molar-refractivity contribution in [3.63, 3.8) is 0 Å². The molecular weight excluding hydrogens is 194 g/mol. The van der Waals surface area contributed by atoms with E-state index in [0.717, 1.165) is 5.56 Å². The molecule has 1 rings (SSSR count). The number of benzene rings is 1. The lowest BCUT2D eigenvalue weighted by Crippen LogP contribution is -1.93. The fourth-order valence-corrected chi connectivity index (χ4v) is 1.29. The summed E-state index contributed by atoms with van der Waals surface area (Å²) in [5, 5.41) is 10.6. The Morgan fingerprint density at radius 2 is 2.15 bits per heavy atom. The van der Waals surface area contributed by atoms with E-state index in [2.05, 4.69) is 0 Å². The van der Waals surface area contributed by atoms with Crippen molar-refractivity contribution < 1.29 is 9.66 Å². The summed E-state index contributed by atoms with van der Waals surface area (Å²) in [5.41, 5.74) is 0.641. The van der Waals surface area contributed by atoms with Crippen molar-refractivity contribution in [2.24, 2.45) is 0 Å². The zero-order valence-corrected chi connectivity index (χ0v) is 7.96. The monoisotopic (exact) mass is 201 g/mol. The Bertz CT molecular complexity index is 351. The molecule has 0 radical (unpaired) electrons. The van der Waals surface area contributed by atoms with E-state index in [4.69, 9.17) is 16.3 Å². The van der Waals surface area contributed by atoms with Crippen molar-refractivity contribution in [2.45, 2.75) is 6.92 Å². The SMILES string of the molecule is COc1cc([N+](=O)[O-])c(Cl)cc1C. The maximum atomic E-state index is 10.5. The molecule has 0 amide bonds. The van der Waals surface area contributed by atoms with Crippen molar-refractivity contribution in [3.8, 4) is 5.75 Å². The quantitative estimate of drug-likeness (QED) is 0.546. The Labute approximate surface area is 80.2 Å². The summed E-state index contributed by atoms with van der Waals surface area (Å²) < 4.78 is 4.93. The standard InChI is InChI=1S/C8H8ClNO3/c1-5-3-6(9)7(10(11)12)4-8(5)13-2/h3-4H,1-2H3. The van der Waals surface area contributed by atoms with Gasteiger partial charge in [0.1, 0.15) is 10.8 Å². The van der Waals surface area contributed by atoms with Crippen molar-refractivity contribution in [1.82, 2.24) is 0 Å². The van der Waals surface area contributed by atoms with Crippen LogP contribution in [-0.2, 0) is 0 Å². The molecule has 0 aliphatic carbocycles. The molecule has 0 aliphatic heterocycles. The first-order valence-corrected chi connectivity index (χ1v) is 3.92. The molecule has 5 heteroatoms. The van der Waals surface area contributed by atoms with E-state index in [0.29, 0.717) is 5.75 Å². The highest BCUT2D eigenvalue weighted by Gasteiger charge is 2.15. The molecule has 0 heterocycles. The number of aryl methyl sites for hydroxylation is 1. The van der Waals surface area contributed by atoms with Gasteiger partial charge < -0.3 is 4.74 Å². The van der Waals surface area contributed by atoms with E-state index in [1.54, 1.807) is 6.92 Å². The van der Waals surface area contributed by atoms with Crippen LogP contribution in [0.15, 0.2) is 12.1 Å². The van der Waals surface area contributed by atoms with Crippen molar-refractivity contribution in [2.75, 3.05) is 7.11 Å². The zero-order chi connectivity index (χ0) is 10.0. The molecule has 70 valence electrons. The molecule has 0 N–H and O–H groups in total. The van der Waals surface area contributed by atoms with Gasteiger partial charge in [0.15, 0.2) is 0 Å². The largest absolute Gasteiger partial charge is 0.496 e. The van der Waals surface area contributed by atoms with Gasteiger partial charge in [-0.1, -0.05) is 11.6 Å². The summed E-state index contributed by atoms with van der Waals surface area (Å²) in [6, 6.07) is 2.83. The van der Waals surface area contributed by atoms with Crippen LogP contribution < -0.4 is 4.74 Å². The lowest BCUT2D eigenvalue weighted by atomic mass is 10.2. The average molecular weight is 202 g/mol. The highest BCUT2D eigenvalue weighted by Crippen LogP contribution is 2.31. The van der Waals surface area contributed by atoms with Crippen molar-refractivity contribution in [1.29, 1.82) is 0 Å². The number of nitrogens with zero attached hydrogens (tertiary/aromatic N) is 1. The van der Waals surface area contributed by atoms with Crippen LogP contribution in [0.2, 0.25) is 5.02 Å². The van der Waals surface area contributed by atoms with Gasteiger partial charge >= 0.3 is 0 Å². The Morgan fingerprint density at radius 3 is 2.62 bits per heavy atom. The molecule has 4 nitrogen and oxygen atoms in total. The highest BCUT2D eigenvalue weighted by molar-refractivity contribution is 6.32. The molecule has 1 aromatic carbocycles. The molecule has 0 aliphatic rings. The van der Waals surface area contributed by atoms with Crippen LogP contribution in [0.25, 0.3) is 0 Å². The number of nitro benzene ring substituents is 1. The molecule has 0 atom stereocenters. The van der Waals surface area contributed by atoms with Crippen molar-refractivity contribution >= 4 is 17.3 Å². The Kier molecular flexibility index (Phi) is 2.72. The number of halogens is 1. The van der Waals surface area contributed by atoms with Gasteiger partial charge in [-0.2, -0.15) is 0 Å². The van der Waals surface area contributed by atoms with Gasteiger partial charge in [0.2, 0.25) is 0 Å². The third-order valence-electron chi connectivity index (χ3n) is 1.66. The second kappa shape index (κ2) is 3.62. The number of hydrogen-bond acceptors (Lipinski definition) is 3. The number of rotatable bonds is 2. The summed E-state index contributed by atoms with van der Waals surface area (Å²) in [6.07, 6.45) is 0. The Morgan fingerprint density at radius 1 is 1.54 bits per heavy atom. The fourth-order valence-electron chi connectivity index (χ4n) is 1.00. The van der Waals surface area contributed by atoms with Crippen LogP contribution in [0.4, 0.5) is 5.69 Å². The minimum atomic E-state index is -0.537. The first kappa shape index (κ1) is 9.80. The Balaban J connectivity index is 3.30. The van der Waals surface area contributed by atoms with Gasteiger partial charge in [0, 0.05) is 0 Å². The first-order valence-electron chi connectivity index (χ1n) is 3.54. The molecule has 13 heavy (non-hydrogen) atoms. The second-order valence-corrected chi connectivity index (χ2v) is 2.94. The van der Waals surface area contributed by atoms with Gasteiger partial charge in [-0.15, -0.1) is 0 Å². The molecule has 0 aromatic heterocycles. The fraction of sp³-hybridized carbons (Fsp3) is 0.250. The lowest BCUT2D eigenvalue weighted by Gasteiger charge is -2.04. The molecule has 0 saturated heterocycles. The molecule has 0 unspecified atom stereocenters. The smallest absolute Gasteiger partial charge is 0.291 e. The van der Waals surface area contributed by atoms with Crippen LogP contribution in [0.3, 0.4) is 0 Å². The Hall–Kier alpha value is -1.29. The van der Waals surface area contributed by atoms with Gasteiger partial charge in [0.05, 0.1) is 18.1 Å². The van der Waals surface area contributed by atoms with E-state index in [1.807, 2.05) is 0 Å². The second-order valence-electron chi connectivity index (χ2n) is 2.53. The van der Waals surface area contributed by atoms with Crippen LogP contribution in [0, 0.1) is 17.0 Å². The van der Waals surface area contributed by atoms with E-state index in [-0.39, 0.29) is 10.7 Å². The number of ether oxygens (including phenoxy) is 1. The highest BCUT2D eigenvalue weighted by atomic mass is 35.5. The normalized spacial score (nSPS) is 9.77. The topological polar surface area (TPSA) is 52.4 Å². The van der Waals surface area contributed by atoms with Gasteiger partial charge in [-0.05, 0) is 18.6 Å². The van der Waals surface area contributed by atoms with Gasteiger partial charge in [0.25, 0.3) is 5.69 Å². The van der Waals surface area contributed by atoms with Crippen LogP contribution in [-0.4, -0.2) is 12.0 Å². The number of hydrogen-bond donors (Lipinski definition) is 0. The third kappa shape index (κ3) is 1.89. The summed E-state index contributed by atoms with van der Waals surface area (Å²) in [6.45, 7) is 1.77.